The van der Waals surface area contributed by atoms with Crippen molar-refractivity contribution < 1.29 is 0 Å². The second kappa shape index (κ2) is 8.72. The fraction of sp³-hybridized carbons (Fsp3) is 0. The summed E-state index contributed by atoms with van der Waals surface area (Å²) in [4.78, 5) is 4.88. The number of aromatic nitrogens is 1. The Bertz CT molecular complexity index is 2450. The van der Waals surface area contributed by atoms with Gasteiger partial charge in [0.25, 0.3) is 0 Å². The molecule has 9 rings (SSSR count). The SMILES string of the molecule is c1cc(-c2ccc3c(cnc4c5ccccc5sc34)c2)cc(-c2ccc3c4ccccc4c4ccccc4c3c2)c1. The van der Waals surface area contributed by atoms with Crippen LogP contribution < -0.4 is 0 Å². The molecule has 2 aromatic heterocycles. The quantitative estimate of drug-likeness (QED) is 0.200. The molecule has 0 amide bonds. The van der Waals surface area contributed by atoms with Crippen LogP contribution in [0.15, 0.2) is 140 Å². The van der Waals surface area contributed by atoms with Gasteiger partial charge in [0.1, 0.15) is 0 Å². The topological polar surface area (TPSA) is 12.9 Å². The summed E-state index contributed by atoms with van der Waals surface area (Å²) in [5, 5.41) is 11.5. The minimum absolute atomic E-state index is 1.10. The maximum absolute atomic E-state index is 4.88. The molecule has 0 fully saturated rings. The monoisotopic (exact) mass is 537 g/mol. The van der Waals surface area contributed by atoms with Gasteiger partial charge in [0.05, 0.1) is 10.2 Å². The standard InChI is InChI=1S/C39H23NS/c1-2-12-32-30(10-1)31-11-3-4-13-33(31)36-22-27(17-19-34(32)36)25-9-7-8-24(20-25)26-16-18-29-28(21-26)23-40-38-35-14-5-6-15-37(35)41-39(29)38/h1-23H. The summed E-state index contributed by atoms with van der Waals surface area (Å²) < 4.78 is 2.55. The number of benzene rings is 7. The summed E-state index contributed by atoms with van der Waals surface area (Å²) >= 11 is 1.83. The lowest BCUT2D eigenvalue weighted by Gasteiger charge is -2.12. The molecule has 0 atom stereocenters. The van der Waals surface area contributed by atoms with E-state index in [4.69, 9.17) is 4.98 Å². The zero-order valence-corrected chi connectivity index (χ0v) is 23.0. The molecule has 0 radical (unpaired) electrons. The van der Waals surface area contributed by atoms with Crippen molar-refractivity contribution in [2.24, 2.45) is 0 Å². The highest BCUT2D eigenvalue weighted by atomic mass is 32.1. The normalized spacial score (nSPS) is 11.9. The van der Waals surface area contributed by atoms with Crippen LogP contribution in [0.1, 0.15) is 0 Å². The van der Waals surface area contributed by atoms with Gasteiger partial charge in [-0.15, -0.1) is 11.3 Å². The van der Waals surface area contributed by atoms with E-state index in [0.717, 1.165) is 5.52 Å². The van der Waals surface area contributed by atoms with E-state index in [9.17, 15) is 0 Å². The van der Waals surface area contributed by atoms with Gasteiger partial charge in [0.15, 0.2) is 0 Å². The fourth-order valence-corrected chi connectivity index (χ4v) is 7.69. The van der Waals surface area contributed by atoms with Crippen molar-refractivity contribution >= 4 is 74.7 Å². The van der Waals surface area contributed by atoms with Crippen molar-refractivity contribution in [2.75, 3.05) is 0 Å². The summed E-state index contributed by atoms with van der Waals surface area (Å²) in [5.41, 5.74) is 5.97. The van der Waals surface area contributed by atoms with E-state index in [1.54, 1.807) is 0 Å². The minimum Gasteiger partial charge on any atom is -0.254 e. The van der Waals surface area contributed by atoms with Gasteiger partial charge < -0.3 is 0 Å². The highest BCUT2D eigenvalue weighted by Gasteiger charge is 2.12. The Hall–Kier alpha value is -5.05. The second-order valence-corrected chi connectivity index (χ2v) is 11.8. The number of fused-ring (bicyclic) bond motifs is 11. The maximum Gasteiger partial charge on any atom is 0.0894 e. The Morgan fingerprint density at radius 1 is 0.390 bits per heavy atom. The minimum atomic E-state index is 1.10. The fourth-order valence-electron chi connectivity index (χ4n) is 6.50. The van der Waals surface area contributed by atoms with Crippen LogP contribution in [0.3, 0.4) is 0 Å². The number of hydrogen-bond donors (Lipinski definition) is 0. The van der Waals surface area contributed by atoms with Crippen molar-refractivity contribution in [1.29, 1.82) is 0 Å². The lowest BCUT2D eigenvalue weighted by atomic mass is 9.91. The molecule has 0 bridgehead atoms. The van der Waals surface area contributed by atoms with E-state index in [-0.39, 0.29) is 0 Å². The zero-order chi connectivity index (χ0) is 26.9. The van der Waals surface area contributed by atoms with Gasteiger partial charge in [-0.3, -0.25) is 4.98 Å². The molecule has 9 aromatic rings. The third-order valence-electron chi connectivity index (χ3n) is 8.47. The zero-order valence-electron chi connectivity index (χ0n) is 22.1. The molecule has 0 saturated carbocycles. The van der Waals surface area contributed by atoms with Crippen molar-refractivity contribution in [3.63, 3.8) is 0 Å². The summed E-state index contributed by atoms with van der Waals surface area (Å²) in [5.74, 6) is 0. The van der Waals surface area contributed by atoms with Crippen LogP contribution in [-0.2, 0) is 0 Å². The van der Waals surface area contributed by atoms with Gasteiger partial charge in [0, 0.05) is 27.1 Å². The smallest absolute Gasteiger partial charge is 0.0894 e. The van der Waals surface area contributed by atoms with E-state index >= 15 is 0 Å². The van der Waals surface area contributed by atoms with Crippen LogP contribution in [0.4, 0.5) is 0 Å². The molecule has 0 unspecified atom stereocenters. The first-order valence-electron chi connectivity index (χ1n) is 14.0. The van der Waals surface area contributed by atoms with Crippen LogP contribution in [-0.4, -0.2) is 4.98 Å². The molecular formula is C39H23NS. The van der Waals surface area contributed by atoms with Crippen LogP contribution >= 0.6 is 11.3 Å². The number of hydrogen-bond acceptors (Lipinski definition) is 2. The summed E-state index contributed by atoms with van der Waals surface area (Å²) in [6.07, 6.45) is 2.03. The number of pyridine rings is 1. The van der Waals surface area contributed by atoms with Crippen molar-refractivity contribution in [3.8, 4) is 22.3 Å². The van der Waals surface area contributed by atoms with Gasteiger partial charge in [-0.2, -0.15) is 0 Å². The molecule has 0 aliphatic heterocycles. The van der Waals surface area contributed by atoms with Crippen molar-refractivity contribution in [3.05, 3.63) is 140 Å². The molecule has 2 heterocycles. The Morgan fingerprint density at radius 3 is 1.63 bits per heavy atom. The van der Waals surface area contributed by atoms with Gasteiger partial charge in [-0.1, -0.05) is 109 Å². The van der Waals surface area contributed by atoms with Gasteiger partial charge in [-0.05, 0) is 78.8 Å². The first kappa shape index (κ1) is 22.7. The lowest BCUT2D eigenvalue weighted by Crippen LogP contribution is -1.86. The molecule has 0 N–H and O–H groups in total. The molecule has 0 aliphatic rings. The third kappa shape index (κ3) is 3.45. The molecular weight excluding hydrogens is 515 g/mol. The second-order valence-electron chi connectivity index (χ2n) is 10.8. The van der Waals surface area contributed by atoms with Crippen LogP contribution in [0.2, 0.25) is 0 Å². The van der Waals surface area contributed by atoms with Crippen LogP contribution in [0.25, 0.3) is 85.6 Å². The average Bonchev–Trinajstić information content (AvgIpc) is 3.44. The number of thiophene rings is 1. The summed E-state index contributed by atoms with van der Waals surface area (Å²) in [7, 11) is 0. The number of rotatable bonds is 2. The first-order chi connectivity index (χ1) is 20.3. The Labute approximate surface area is 240 Å². The van der Waals surface area contributed by atoms with Gasteiger partial charge in [-0.25, -0.2) is 0 Å². The molecule has 0 saturated heterocycles. The van der Waals surface area contributed by atoms with Gasteiger partial charge >= 0.3 is 0 Å². The van der Waals surface area contributed by atoms with E-state index in [1.807, 2.05) is 17.5 Å². The van der Waals surface area contributed by atoms with E-state index in [0.29, 0.717) is 0 Å². The summed E-state index contributed by atoms with van der Waals surface area (Å²) in [6, 6.07) is 48.7. The maximum atomic E-state index is 4.88. The largest absolute Gasteiger partial charge is 0.254 e. The molecule has 2 heteroatoms. The molecule has 0 aliphatic carbocycles. The number of nitrogens with zero attached hydrogens (tertiary/aromatic N) is 1. The lowest BCUT2D eigenvalue weighted by molar-refractivity contribution is 1.47. The molecule has 0 spiro atoms. The predicted molar refractivity (Wildman–Crippen MR) is 178 cm³/mol. The first-order valence-corrected chi connectivity index (χ1v) is 14.8. The molecule has 41 heavy (non-hydrogen) atoms. The highest BCUT2D eigenvalue weighted by Crippen LogP contribution is 2.40. The van der Waals surface area contributed by atoms with Crippen molar-refractivity contribution in [2.45, 2.75) is 0 Å². The van der Waals surface area contributed by atoms with Crippen molar-refractivity contribution in [1.82, 2.24) is 4.98 Å². The molecule has 7 aromatic carbocycles. The average molecular weight is 538 g/mol. The van der Waals surface area contributed by atoms with E-state index in [1.165, 1.54) is 80.1 Å². The van der Waals surface area contributed by atoms with Crippen LogP contribution in [0.5, 0.6) is 0 Å². The highest BCUT2D eigenvalue weighted by molar-refractivity contribution is 7.26. The Balaban J connectivity index is 1.19. The molecule has 190 valence electrons. The van der Waals surface area contributed by atoms with Crippen LogP contribution in [0, 0.1) is 0 Å². The third-order valence-corrected chi connectivity index (χ3v) is 9.66. The van der Waals surface area contributed by atoms with Gasteiger partial charge in [0.2, 0.25) is 0 Å². The van der Waals surface area contributed by atoms with E-state index < -0.39 is 0 Å². The Morgan fingerprint density at radius 2 is 0.927 bits per heavy atom. The molecule has 1 nitrogen and oxygen atoms in total. The predicted octanol–water partition coefficient (Wildman–Crippen LogP) is 11.4. The summed E-state index contributed by atoms with van der Waals surface area (Å²) in [6.45, 7) is 0. The van der Waals surface area contributed by atoms with E-state index in [2.05, 4.69) is 133 Å². The Kier molecular flexibility index (Phi) is 4.84.